The summed E-state index contributed by atoms with van der Waals surface area (Å²) in [6, 6.07) is 0. The Bertz CT molecular complexity index is 153. The Morgan fingerprint density at radius 3 is 2.42 bits per heavy atom. The average molecular weight is 171 g/mol. The third-order valence-electron chi connectivity index (χ3n) is 3.01. The van der Waals surface area contributed by atoms with Crippen molar-refractivity contribution >= 4 is 6.29 Å². The molecule has 0 radical (unpaired) electrons. The molecule has 0 spiro atoms. The standard InChI is InChI=1S/C9H17NO2/c10-7-9(8(12)6-11)4-2-1-3-5-9/h6,8,12H,1-5,7,10H2. The second-order valence-corrected chi connectivity index (χ2v) is 3.71. The van der Waals surface area contributed by atoms with Gasteiger partial charge in [0.05, 0.1) is 0 Å². The topological polar surface area (TPSA) is 63.3 Å². The van der Waals surface area contributed by atoms with Crippen LogP contribution in [0.15, 0.2) is 0 Å². The van der Waals surface area contributed by atoms with Gasteiger partial charge in [-0.2, -0.15) is 0 Å². The van der Waals surface area contributed by atoms with Crippen LogP contribution in [0.1, 0.15) is 32.1 Å². The largest absolute Gasteiger partial charge is 0.385 e. The molecule has 70 valence electrons. The summed E-state index contributed by atoms with van der Waals surface area (Å²) < 4.78 is 0. The molecule has 0 aromatic heterocycles. The fourth-order valence-electron chi connectivity index (χ4n) is 2.02. The minimum Gasteiger partial charge on any atom is -0.385 e. The van der Waals surface area contributed by atoms with Crippen molar-refractivity contribution in [2.24, 2.45) is 11.1 Å². The molecule has 1 fully saturated rings. The zero-order valence-electron chi connectivity index (χ0n) is 7.33. The van der Waals surface area contributed by atoms with Gasteiger partial charge in [-0.1, -0.05) is 19.3 Å². The fraction of sp³-hybridized carbons (Fsp3) is 0.889. The molecule has 0 heterocycles. The van der Waals surface area contributed by atoms with Crippen LogP contribution >= 0.6 is 0 Å². The maximum atomic E-state index is 10.5. The molecule has 1 aliphatic carbocycles. The molecule has 1 rings (SSSR count). The van der Waals surface area contributed by atoms with Crippen LogP contribution in [0, 0.1) is 5.41 Å². The van der Waals surface area contributed by atoms with Crippen LogP contribution in [0.3, 0.4) is 0 Å². The molecule has 3 heteroatoms. The molecule has 12 heavy (non-hydrogen) atoms. The number of hydrogen-bond donors (Lipinski definition) is 2. The molecule has 1 aliphatic rings. The van der Waals surface area contributed by atoms with E-state index in [0.29, 0.717) is 12.8 Å². The molecule has 3 nitrogen and oxygen atoms in total. The Labute approximate surface area is 72.9 Å². The lowest BCUT2D eigenvalue weighted by molar-refractivity contribution is -0.122. The number of aliphatic hydroxyl groups is 1. The quantitative estimate of drug-likeness (QED) is 0.606. The average Bonchev–Trinajstić information content (AvgIpc) is 2.17. The van der Waals surface area contributed by atoms with Crippen LogP contribution in [0.2, 0.25) is 0 Å². The first kappa shape index (κ1) is 9.68. The molecule has 0 saturated heterocycles. The van der Waals surface area contributed by atoms with E-state index in [1.165, 1.54) is 6.42 Å². The lowest BCUT2D eigenvalue weighted by atomic mass is 9.70. The van der Waals surface area contributed by atoms with Gasteiger partial charge in [-0.25, -0.2) is 0 Å². The minimum atomic E-state index is -0.859. The number of hydrogen-bond acceptors (Lipinski definition) is 3. The highest BCUT2D eigenvalue weighted by Crippen LogP contribution is 2.37. The molecule has 0 aromatic carbocycles. The van der Waals surface area contributed by atoms with Gasteiger partial charge in [-0.05, 0) is 12.8 Å². The minimum absolute atomic E-state index is 0.306. The summed E-state index contributed by atoms with van der Waals surface area (Å²) in [5.74, 6) is 0. The van der Waals surface area contributed by atoms with Gasteiger partial charge in [0.1, 0.15) is 12.4 Å². The zero-order valence-corrected chi connectivity index (χ0v) is 7.33. The second kappa shape index (κ2) is 4.01. The van der Waals surface area contributed by atoms with Gasteiger partial charge in [0.2, 0.25) is 0 Å². The van der Waals surface area contributed by atoms with Crippen LogP contribution in [0.4, 0.5) is 0 Å². The molecule has 0 aromatic rings. The van der Waals surface area contributed by atoms with Gasteiger partial charge in [0.15, 0.2) is 0 Å². The molecule has 0 bridgehead atoms. The second-order valence-electron chi connectivity index (χ2n) is 3.71. The van der Waals surface area contributed by atoms with E-state index in [0.717, 1.165) is 25.7 Å². The lowest BCUT2D eigenvalue weighted by Crippen LogP contribution is -2.44. The number of carbonyl (C=O) groups excluding carboxylic acids is 1. The Morgan fingerprint density at radius 1 is 1.42 bits per heavy atom. The molecule has 1 atom stereocenters. The molecule has 0 aliphatic heterocycles. The molecular weight excluding hydrogens is 154 g/mol. The summed E-state index contributed by atoms with van der Waals surface area (Å²) in [5.41, 5.74) is 5.29. The fourth-order valence-corrected chi connectivity index (χ4v) is 2.02. The van der Waals surface area contributed by atoms with Crippen molar-refractivity contribution in [2.75, 3.05) is 6.54 Å². The van der Waals surface area contributed by atoms with Crippen LogP contribution in [-0.4, -0.2) is 24.0 Å². The van der Waals surface area contributed by atoms with Gasteiger partial charge < -0.3 is 15.6 Å². The first-order valence-electron chi connectivity index (χ1n) is 4.58. The lowest BCUT2D eigenvalue weighted by Gasteiger charge is -2.37. The smallest absolute Gasteiger partial charge is 0.149 e. The molecule has 3 N–H and O–H groups in total. The van der Waals surface area contributed by atoms with Crippen molar-refractivity contribution in [3.63, 3.8) is 0 Å². The van der Waals surface area contributed by atoms with Crippen molar-refractivity contribution in [3.05, 3.63) is 0 Å². The molecule has 1 unspecified atom stereocenters. The number of carbonyl (C=O) groups is 1. The van der Waals surface area contributed by atoms with Crippen LogP contribution < -0.4 is 5.73 Å². The van der Waals surface area contributed by atoms with Crippen molar-refractivity contribution in [3.8, 4) is 0 Å². The Hall–Kier alpha value is -0.410. The van der Waals surface area contributed by atoms with Gasteiger partial charge in [-0.3, -0.25) is 0 Å². The van der Waals surface area contributed by atoms with Gasteiger partial charge in [0, 0.05) is 12.0 Å². The van der Waals surface area contributed by atoms with E-state index in [4.69, 9.17) is 5.73 Å². The number of nitrogens with two attached hydrogens (primary N) is 1. The maximum absolute atomic E-state index is 10.5. The molecule has 1 saturated carbocycles. The third-order valence-corrected chi connectivity index (χ3v) is 3.01. The van der Waals surface area contributed by atoms with Gasteiger partial charge >= 0.3 is 0 Å². The Kier molecular flexibility index (Phi) is 3.23. The Balaban J connectivity index is 2.65. The number of aldehydes is 1. The molecule has 0 amide bonds. The maximum Gasteiger partial charge on any atom is 0.149 e. The monoisotopic (exact) mass is 171 g/mol. The summed E-state index contributed by atoms with van der Waals surface area (Å²) >= 11 is 0. The van der Waals surface area contributed by atoms with E-state index in [-0.39, 0.29) is 5.41 Å². The van der Waals surface area contributed by atoms with Crippen LogP contribution in [0.5, 0.6) is 0 Å². The summed E-state index contributed by atoms with van der Waals surface area (Å²) in [5, 5.41) is 9.49. The predicted octanol–water partition coefficient (Wildman–Crippen LogP) is 0.455. The van der Waals surface area contributed by atoms with E-state index < -0.39 is 6.10 Å². The predicted molar refractivity (Wildman–Crippen MR) is 46.6 cm³/mol. The van der Waals surface area contributed by atoms with Crippen molar-refractivity contribution < 1.29 is 9.90 Å². The van der Waals surface area contributed by atoms with Gasteiger partial charge in [-0.15, -0.1) is 0 Å². The highest BCUT2D eigenvalue weighted by Gasteiger charge is 2.37. The summed E-state index contributed by atoms with van der Waals surface area (Å²) in [4.78, 5) is 10.5. The van der Waals surface area contributed by atoms with Crippen molar-refractivity contribution in [1.29, 1.82) is 0 Å². The zero-order chi connectivity index (χ0) is 9.03. The Morgan fingerprint density at radius 2 is 2.00 bits per heavy atom. The van der Waals surface area contributed by atoms with E-state index in [9.17, 15) is 9.90 Å². The van der Waals surface area contributed by atoms with E-state index in [1.54, 1.807) is 0 Å². The highest BCUT2D eigenvalue weighted by atomic mass is 16.3. The van der Waals surface area contributed by atoms with Crippen molar-refractivity contribution in [2.45, 2.75) is 38.2 Å². The van der Waals surface area contributed by atoms with E-state index in [1.807, 2.05) is 0 Å². The first-order valence-corrected chi connectivity index (χ1v) is 4.58. The van der Waals surface area contributed by atoms with Crippen molar-refractivity contribution in [1.82, 2.24) is 0 Å². The van der Waals surface area contributed by atoms with E-state index >= 15 is 0 Å². The summed E-state index contributed by atoms with van der Waals surface area (Å²) in [6.45, 7) is 0.424. The van der Waals surface area contributed by atoms with E-state index in [2.05, 4.69) is 0 Å². The SMILES string of the molecule is NCC1(C(O)C=O)CCCCC1. The first-order chi connectivity index (χ1) is 5.75. The number of aliphatic hydroxyl groups excluding tert-OH is 1. The highest BCUT2D eigenvalue weighted by molar-refractivity contribution is 5.57. The summed E-state index contributed by atoms with van der Waals surface area (Å²) in [7, 11) is 0. The van der Waals surface area contributed by atoms with Gasteiger partial charge in [0.25, 0.3) is 0 Å². The van der Waals surface area contributed by atoms with Crippen LogP contribution in [0.25, 0.3) is 0 Å². The normalized spacial score (nSPS) is 24.8. The summed E-state index contributed by atoms with van der Waals surface area (Å²) in [6.07, 6.45) is 4.92. The third kappa shape index (κ3) is 1.67. The van der Waals surface area contributed by atoms with Crippen LogP contribution in [-0.2, 0) is 4.79 Å². The molecular formula is C9H17NO2. The number of rotatable bonds is 3.